The van der Waals surface area contributed by atoms with E-state index in [1.165, 1.54) is 11.3 Å². The summed E-state index contributed by atoms with van der Waals surface area (Å²) in [6, 6.07) is 13.5. The first-order chi connectivity index (χ1) is 12.5. The molecule has 5 nitrogen and oxygen atoms in total. The lowest BCUT2D eigenvalue weighted by Crippen LogP contribution is -2.37. The van der Waals surface area contributed by atoms with Crippen LogP contribution in [-0.2, 0) is 16.1 Å². The fraction of sp³-hybridized carbons (Fsp3) is 0.211. The Morgan fingerprint density at radius 3 is 2.62 bits per heavy atom. The molecule has 0 unspecified atom stereocenters. The molecule has 26 heavy (non-hydrogen) atoms. The van der Waals surface area contributed by atoms with Gasteiger partial charge in [0.25, 0.3) is 5.91 Å². The van der Waals surface area contributed by atoms with Crippen molar-refractivity contribution in [2.24, 2.45) is 0 Å². The summed E-state index contributed by atoms with van der Waals surface area (Å²) in [5.74, 6) is -0.839. The van der Waals surface area contributed by atoms with Crippen molar-refractivity contribution in [3.8, 4) is 9.88 Å². The zero-order valence-corrected chi connectivity index (χ0v) is 16.0. The van der Waals surface area contributed by atoms with E-state index in [0.717, 1.165) is 15.4 Å². The Kier molecular flexibility index (Phi) is 5.80. The molecule has 0 radical (unpaired) electrons. The molecule has 3 aromatic rings. The van der Waals surface area contributed by atoms with Crippen LogP contribution in [0.25, 0.3) is 9.88 Å². The molecule has 0 saturated heterocycles. The van der Waals surface area contributed by atoms with E-state index in [9.17, 15) is 9.59 Å². The summed E-state index contributed by atoms with van der Waals surface area (Å²) >= 11 is 2.94. The van der Waals surface area contributed by atoms with Gasteiger partial charge in [-0.05, 0) is 23.9 Å². The summed E-state index contributed by atoms with van der Waals surface area (Å²) in [5, 5.41) is 4.38. The van der Waals surface area contributed by atoms with Gasteiger partial charge in [-0.3, -0.25) is 4.79 Å². The Morgan fingerprint density at radius 2 is 1.92 bits per heavy atom. The summed E-state index contributed by atoms with van der Waals surface area (Å²) in [5.41, 5.74) is 1.24. The molecule has 2 aromatic heterocycles. The smallest absolute Gasteiger partial charge is 0.358 e. The number of thiophene rings is 1. The van der Waals surface area contributed by atoms with Gasteiger partial charge in [-0.2, -0.15) is 0 Å². The van der Waals surface area contributed by atoms with Crippen LogP contribution in [0, 0.1) is 0 Å². The van der Waals surface area contributed by atoms with Crippen LogP contribution in [0.1, 0.15) is 23.0 Å². The second-order valence-corrected chi connectivity index (χ2v) is 7.55. The van der Waals surface area contributed by atoms with Gasteiger partial charge < -0.3 is 9.64 Å². The van der Waals surface area contributed by atoms with Gasteiger partial charge in [0.2, 0.25) is 0 Å². The van der Waals surface area contributed by atoms with Crippen molar-refractivity contribution < 1.29 is 14.3 Å². The van der Waals surface area contributed by atoms with Gasteiger partial charge in [-0.15, -0.1) is 22.7 Å². The zero-order valence-electron chi connectivity index (χ0n) is 14.4. The molecular formula is C19H18N2O3S2. The number of hydrogen-bond donors (Lipinski definition) is 0. The first-order valence-electron chi connectivity index (χ1n) is 8.04. The molecule has 0 fully saturated rings. The van der Waals surface area contributed by atoms with Crippen LogP contribution >= 0.6 is 22.7 Å². The van der Waals surface area contributed by atoms with Crippen molar-refractivity contribution in [3.63, 3.8) is 0 Å². The van der Waals surface area contributed by atoms with Gasteiger partial charge in [0.1, 0.15) is 5.01 Å². The van der Waals surface area contributed by atoms with Gasteiger partial charge in [0.05, 0.1) is 4.88 Å². The molecular weight excluding hydrogens is 368 g/mol. The second kappa shape index (κ2) is 8.25. The average molecular weight is 386 g/mol. The summed E-state index contributed by atoms with van der Waals surface area (Å²) in [7, 11) is 1.69. The summed E-state index contributed by atoms with van der Waals surface area (Å²) in [6.45, 7) is 2.04. The van der Waals surface area contributed by atoms with E-state index in [1.54, 1.807) is 35.6 Å². The Morgan fingerprint density at radius 1 is 1.15 bits per heavy atom. The largest absolute Gasteiger partial charge is 0.448 e. The van der Waals surface area contributed by atoms with E-state index in [1.807, 2.05) is 47.8 Å². The molecule has 2 heterocycles. The fourth-order valence-electron chi connectivity index (χ4n) is 2.40. The highest BCUT2D eigenvalue weighted by Gasteiger charge is 2.23. The molecule has 1 atom stereocenters. The fourth-order valence-corrected chi connectivity index (χ4v) is 4.00. The zero-order chi connectivity index (χ0) is 18.5. The lowest BCUT2D eigenvalue weighted by atomic mass is 10.2. The van der Waals surface area contributed by atoms with Gasteiger partial charge in [-0.25, -0.2) is 9.78 Å². The molecule has 0 spiro atoms. The van der Waals surface area contributed by atoms with Crippen molar-refractivity contribution in [2.45, 2.75) is 19.6 Å². The lowest BCUT2D eigenvalue weighted by Gasteiger charge is -2.21. The van der Waals surface area contributed by atoms with Crippen molar-refractivity contribution >= 4 is 34.6 Å². The number of carbonyl (C=O) groups is 2. The Hall–Kier alpha value is -2.51. The summed E-state index contributed by atoms with van der Waals surface area (Å²) in [4.78, 5) is 31.6. The van der Waals surface area contributed by atoms with Crippen LogP contribution in [0.2, 0.25) is 0 Å². The van der Waals surface area contributed by atoms with E-state index in [2.05, 4.69) is 4.98 Å². The van der Waals surface area contributed by atoms with Crippen LogP contribution in [-0.4, -0.2) is 34.9 Å². The molecule has 1 amide bonds. The number of nitrogens with zero attached hydrogens (tertiary/aromatic N) is 2. The minimum Gasteiger partial charge on any atom is -0.448 e. The molecule has 134 valence electrons. The molecule has 3 rings (SSSR count). The van der Waals surface area contributed by atoms with E-state index < -0.39 is 12.1 Å². The summed E-state index contributed by atoms with van der Waals surface area (Å²) in [6.07, 6.45) is -0.872. The Labute approximate surface area is 159 Å². The number of benzene rings is 1. The number of rotatable bonds is 6. The Bertz CT molecular complexity index is 875. The van der Waals surface area contributed by atoms with E-state index in [4.69, 9.17) is 4.74 Å². The van der Waals surface area contributed by atoms with Crippen LogP contribution in [0.4, 0.5) is 0 Å². The minimum atomic E-state index is -0.872. The number of aromatic nitrogens is 1. The highest BCUT2D eigenvalue weighted by atomic mass is 32.1. The molecule has 0 aliphatic rings. The third-order valence-corrected chi connectivity index (χ3v) is 5.60. The second-order valence-electron chi connectivity index (χ2n) is 5.74. The highest BCUT2D eigenvalue weighted by Crippen LogP contribution is 2.28. The van der Waals surface area contributed by atoms with Gasteiger partial charge in [0, 0.05) is 19.0 Å². The van der Waals surface area contributed by atoms with Gasteiger partial charge >= 0.3 is 5.97 Å². The third kappa shape index (κ3) is 4.36. The number of carbonyl (C=O) groups excluding carboxylic acids is 2. The molecule has 0 bridgehead atoms. The maximum atomic E-state index is 12.4. The molecule has 7 heteroatoms. The standard InChI is InChI=1S/C19H18N2O3S2/c1-13(18(22)21(2)11-14-7-4-3-5-8-14)24-19(23)15-12-26-17(20-15)16-9-6-10-25-16/h3-10,12-13H,11H2,1-2H3/t13-/m0/s1. The molecule has 0 aliphatic carbocycles. The average Bonchev–Trinajstić information content (AvgIpc) is 3.33. The highest BCUT2D eigenvalue weighted by molar-refractivity contribution is 7.20. The number of esters is 1. The van der Waals surface area contributed by atoms with Crippen LogP contribution in [0.5, 0.6) is 0 Å². The topological polar surface area (TPSA) is 59.5 Å². The van der Waals surface area contributed by atoms with Gasteiger partial charge in [0.15, 0.2) is 11.8 Å². The number of hydrogen-bond acceptors (Lipinski definition) is 6. The monoisotopic (exact) mass is 386 g/mol. The lowest BCUT2D eigenvalue weighted by molar-refractivity contribution is -0.139. The first kappa shape index (κ1) is 18.3. The maximum Gasteiger partial charge on any atom is 0.358 e. The number of ether oxygens (including phenoxy) is 1. The van der Waals surface area contributed by atoms with Crippen LogP contribution in [0.15, 0.2) is 53.2 Å². The first-order valence-corrected chi connectivity index (χ1v) is 9.80. The molecule has 0 N–H and O–H groups in total. The van der Waals surface area contributed by atoms with Crippen molar-refractivity contribution in [3.05, 3.63) is 64.5 Å². The molecule has 0 aliphatic heterocycles. The normalized spacial score (nSPS) is 11.8. The Balaban J connectivity index is 1.59. The predicted octanol–water partition coefficient (Wildman–Crippen LogP) is 4.08. The third-order valence-electron chi connectivity index (χ3n) is 3.72. The van der Waals surface area contributed by atoms with E-state index in [0.29, 0.717) is 6.54 Å². The SMILES string of the molecule is C[C@H](OC(=O)c1csc(-c2cccs2)n1)C(=O)N(C)Cc1ccccc1. The van der Waals surface area contributed by atoms with Crippen molar-refractivity contribution in [1.82, 2.24) is 9.88 Å². The van der Waals surface area contributed by atoms with E-state index in [-0.39, 0.29) is 11.6 Å². The van der Waals surface area contributed by atoms with E-state index >= 15 is 0 Å². The van der Waals surface area contributed by atoms with Crippen LogP contribution < -0.4 is 0 Å². The number of thiazole rings is 1. The van der Waals surface area contributed by atoms with Crippen LogP contribution in [0.3, 0.4) is 0 Å². The van der Waals surface area contributed by atoms with Crippen molar-refractivity contribution in [1.29, 1.82) is 0 Å². The number of amides is 1. The maximum absolute atomic E-state index is 12.4. The molecule has 0 saturated carbocycles. The quantitative estimate of drug-likeness (QED) is 0.599. The summed E-state index contributed by atoms with van der Waals surface area (Å²) < 4.78 is 5.31. The number of likely N-dealkylation sites (N-methyl/N-ethyl adjacent to an activating group) is 1. The molecule has 1 aromatic carbocycles. The predicted molar refractivity (Wildman–Crippen MR) is 103 cm³/mol. The minimum absolute atomic E-state index is 0.226. The van der Waals surface area contributed by atoms with Gasteiger partial charge in [-0.1, -0.05) is 36.4 Å². The van der Waals surface area contributed by atoms with Crippen molar-refractivity contribution in [2.75, 3.05) is 7.05 Å².